The van der Waals surface area contributed by atoms with Gasteiger partial charge in [-0.15, -0.1) is 0 Å². The minimum absolute atomic E-state index is 0. The number of halogens is 1. The molecule has 4 rings (SSSR count). The number of hydrogen-bond acceptors (Lipinski definition) is 0. The molecule has 0 fully saturated rings. The average molecular weight is 360 g/mol. The van der Waals surface area contributed by atoms with Crippen LogP contribution in [0.1, 0.15) is 0 Å². The third-order valence-corrected chi connectivity index (χ3v) is 3.65. The van der Waals surface area contributed by atoms with E-state index in [-0.39, 0.29) is 24.0 Å². The van der Waals surface area contributed by atoms with Crippen LogP contribution >= 0.6 is 0 Å². The molecule has 0 bridgehead atoms. The summed E-state index contributed by atoms with van der Waals surface area (Å²) in [5.74, 6) is 0. The van der Waals surface area contributed by atoms with Gasteiger partial charge in [0.15, 0.2) is 6.20 Å². The Morgan fingerprint density at radius 3 is 2.53 bits per heavy atom. The highest BCUT2D eigenvalue weighted by Gasteiger charge is 2.11. The summed E-state index contributed by atoms with van der Waals surface area (Å²) in [7, 11) is 2.08. The molecule has 0 aliphatic heterocycles. The Hall–Kier alpha value is -1.62. The van der Waals surface area contributed by atoms with Gasteiger partial charge in [0, 0.05) is 28.4 Å². The molecule has 0 aliphatic rings. The summed E-state index contributed by atoms with van der Waals surface area (Å²) >= 11 is 0. The van der Waals surface area contributed by atoms with E-state index in [9.17, 15) is 0 Å². The first-order valence-electron chi connectivity index (χ1n) is 6.12. The molecule has 0 aliphatic carbocycles. The number of fused-ring (bicyclic) bond motifs is 5. The molecule has 2 aromatic carbocycles. The number of aryl methyl sites for hydroxylation is 1. The molecule has 1 N–H and O–H groups in total. The molecule has 94 valence electrons. The Bertz CT molecular complexity index is 893. The van der Waals surface area contributed by atoms with Crippen molar-refractivity contribution in [2.24, 2.45) is 7.05 Å². The van der Waals surface area contributed by atoms with Crippen molar-refractivity contribution in [1.29, 1.82) is 0 Å². The number of nitrogens with zero attached hydrogens (tertiary/aromatic N) is 1. The van der Waals surface area contributed by atoms with Crippen LogP contribution < -0.4 is 28.5 Å². The molecule has 2 aromatic heterocycles. The Labute approximate surface area is 128 Å². The summed E-state index contributed by atoms with van der Waals surface area (Å²) in [5.41, 5.74) is 3.67. The maximum absolute atomic E-state index is 3.53. The van der Waals surface area contributed by atoms with Crippen LogP contribution in [0.25, 0.3) is 32.7 Å². The van der Waals surface area contributed by atoms with Crippen molar-refractivity contribution >= 4 is 32.7 Å². The molecule has 2 heterocycles. The van der Waals surface area contributed by atoms with Crippen molar-refractivity contribution < 1.29 is 28.5 Å². The lowest BCUT2D eigenvalue weighted by molar-refractivity contribution is -0.644. The highest BCUT2D eigenvalue weighted by molar-refractivity contribution is 6.15. The standard InChI is InChI=1S/C16H12N2.HI/c1-18-10-4-6-13-15(18)9-8-12-11-5-2-3-7-14(11)17-16(12)13;/h2-10H,1H3;1H. The van der Waals surface area contributed by atoms with Crippen molar-refractivity contribution in [2.45, 2.75) is 0 Å². The Balaban J connectivity index is 0.00000110. The molecule has 0 unspecified atom stereocenters. The lowest BCUT2D eigenvalue weighted by Crippen LogP contribution is -3.00. The second-order valence-electron chi connectivity index (χ2n) is 4.71. The van der Waals surface area contributed by atoms with Crippen molar-refractivity contribution in [3.8, 4) is 0 Å². The summed E-state index contributed by atoms with van der Waals surface area (Å²) in [6, 6.07) is 17.1. The highest BCUT2D eigenvalue weighted by atomic mass is 127. The fourth-order valence-electron chi connectivity index (χ4n) is 2.75. The van der Waals surface area contributed by atoms with Gasteiger partial charge >= 0.3 is 0 Å². The maximum atomic E-state index is 3.53. The van der Waals surface area contributed by atoms with Gasteiger partial charge < -0.3 is 29.0 Å². The summed E-state index contributed by atoms with van der Waals surface area (Å²) in [6.45, 7) is 0. The minimum atomic E-state index is 0. The fourth-order valence-corrected chi connectivity index (χ4v) is 2.75. The monoisotopic (exact) mass is 360 g/mol. The summed E-state index contributed by atoms with van der Waals surface area (Å²) in [6.07, 6.45) is 2.08. The smallest absolute Gasteiger partial charge is 0.214 e. The normalized spacial score (nSPS) is 11.0. The predicted octanol–water partition coefficient (Wildman–Crippen LogP) is 0.303. The topological polar surface area (TPSA) is 19.7 Å². The van der Waals surface area contributed by atoms with E-state index in [4.69, 9.17) is 0 Å². The average Bonchev–Trinajstić information content (AvgIpc) is 2.78. The minimum Gasteiger partial charge on any atom is -1.00 e. The van der Waals surface area contributed by atoms with Gasteiger partial charge in [0.05, 0.1) is 10.9 Å². The highest BCUT2D eigenvalue weighted by Crippen LogP contribution is 2.29. The SMILES string of the molecule is C[n+]1cccc2c3[nH]c4ccccc4c3ccc21.[I-]. The number of hydrogen-bond donors (Lipinski definition) is 1. The lowest BCUT2D eigenvalue weighted by atomic mass is 10.1. The van der Waals surface area contributed by atoms with Gasteiger partial charge in [0.2, 0.25) is 5.52 Å². The number of H-pyrrole nitrogens is 1. The fraction of sp³-hybridized carbons (Fsp3) is 0.0625. The summed E-state index contributed by atoms with van der Waals surface area (Å²) in [4.78, 5) is 3.53. The van der Waals surface area contributed by atoms with E-state index in [1.165, 1.54) is 32.7 Å². The summed E-state index contributed by atoms with van der Waals surface area (Å²) < 4.78 is 2.15. The van der Waals surface area contributed by atoms with Crippen LogP contribution in [0, 0.1) is 0 Å². The number of aromatic amines is 1. The molecule has 19 heavy (non-hydrogen) atoms. The molecule has 0 amide bonds. The first-order valence-corrected chi connectivity index (χ1v) is 6.12. The maximum Gasteiger partial charge on any atom is 0.214 e. The lowest BCUT2D eigenvalue weighted by Gasteiger charge is -1.97. The number of pyridine rings is 1. The molecule has 0 spiro atoms. The molecule has 0 atom stereocenters. The Morgan fingerprint density at radius 1 is 0.842 bits per heavy atom. The van der Waals surface area contributed by atoms with Gasteiger partial charge in [-0.3, -0.25) is 0 Å². The van der Waals surface area contributed by atoms with E-state index >= 15 is 0 Å². The van der Waals surface area contributed by atoms with Crippen molar-refractivity contribution in [3.63, 3.8) is 0 Å². The number of benzene rings is 2. The zero-order chi connectivity index (χ0) is 12.1. The summed E-state index contributed by atoms with van der Waals surface area (Å²) in [5, 5.41) is 3.86. The molecule has 4 aromatic rings. The zero-order valence-corrected chi connectivity index (χ0v) is 12.7. The van der Waals surface area contributed by atoms with E-state index in [0.717, 1.165) is 0 Å². The number of nitrogens with one attached hydrogen (secondary N) is 1. The number of aromatic nitrogens is 2. The Morgan fingerprint density at radius 2 is 1.63 bits per heavy atom. The molecular weight excluding hydrogens is 347 g/mol. The predicted molar refractivity (Wildman–Crippen MR) is 74.5 cm³/mol. The van der Waals surface area contributed by atoms with Crippen molar-refractivity contribution in [1.82, 2.24) is 4.98 Å². The second kappa shape index (κ2) is 4.49. The van der Waals surface area contributed by atoms with E-state index < -0.39 is 0 Å². The molecule has 0 saturated carbocycles. The van der Waals surface area contributed by atoms with Crippen molar-refractivity contribution in [3.05, 3.63) is 54.7 Å². The van der Waals surface area contributed by atoms with E-state index in [2.05, 4.69) is 71.3 Å². The van der Waals surface area contributed by atoms with Gasteiger partial charge in [-0.05, 0) is 18.2 Å². The van der Waals surface area contributed by atoms with Gasteiger partial charge in [0.1, 0.15) is 7.05 Å². The second-order valence-corrected chi connectivity index (χ2v) is 4.71. The van der Waals surface area contributed by atoms with Gasteiger partial charge in [-0.1, -0.05) is 18.2 Å². The number of rotatable bonds is 0. The van der Waals surface area contributed by atoms with Crippen LogP contribution in [0.3, 0.4) is 0 Å². The third kappa shape index (κ3) is 1.72. The molecular formula is C16H13IN2. The van der Waals surface area contributed by atoms with Crippen LogP contribution in [0.5, 0.6) is 0 Å². The van der Waals surface area contributed by atoms with Gasteiger partial charge in [0.25, 0.3) is 0 Å². The van der Waals surface area contributed by atoms with Gasteiger partial charge in [-0.2, -0.15) is 0 Å². The molecule has 3 heteroatoms. The van der Waals surface area contributed by atoms with Crippen molar-refractivity contribution in [2.75, 3.05) is 0 Å². The van der Waals surface area contributed by atoms with Crippen LogP contribution in [0.4, 0.5) is 0 Å². The van der Waals surface area contributed by atoms with Crippen LogP contribution in [-0.2, 0) is 7.05 Å². The van der Waals surface area contributed by atoms with E-state index in [0.29, 0.717) is 0 Å². The number of para-hydroxylation sites is 1. The van der Waals surface area contributed by atoms with Gasteiger partial charge in [-0.25, -0.2) is 4.57 Å². The molecule has 2 nitrogen and oxygen atoms in total. The van der Waals surface area contributed by atoms with E-state index in [1.54, 1.807) is 0 Å². The Kier molecular flexibility index (Phi) is 2.93. The van der Waals surface area contributed by atoms with E-state index in [1.807, 2.05) is 0 Å². The zero-order valence-electron chi connectivity index (χ0n) is 10.5. The first-order chi connectivity index (χ1) is 8.84. The third-order valence-electron chi connectivity index (χ3n) is 3.65. The largest absolute Gasteiger partial charge is 1.00 e. The van der Waals surface area contributed by atoms with Crippen LogP contribution in [0.2, 0.25) is 0 Å². The molecule has 0 radical (unpaired) electrons. The van der Waals surface area contributed by atoms with Crippen LogP contribution in [-0.4, -0.2) is 4.98 Å². The van der Waals surface area contributed by atoms with Crippen LogP contribution in [0.15, 0.2) is 54.7 Å². The quantitative estimate of drug-likeness (QED) is 0.344. The first kappa shape index (κ1) is 12.4. The molecule has 0 saturated heterocycles.